The van der Waals surface area contributed by atoms with E-state index in [1.54, 1.807) is 13.0 Å². The summed E-state index contributed by atoms with van der Waals surface area (Å²) < 4.78 is 18.5. The van der Waals surface area contributed by atoms with Gasteiger partial charge in [0.15, 0.2) is 17.5 Å². The van der Waals surface area contributed by atoms with Crippen molar-refractivity contribution >= 4 is 5.82 Å². The third-order valence-corrected chi connectivity index (χ3v) is 2.14. The van der Waals surface area contributed by atoms with Gasteiger partial charge in [0.25, 0.3) is 0 Å². The maximum atomic E-state index is 13.6. The molecule has 16 heavy (non-hydrogen) atoms. The zero-order valence-corrected chi connectivity index (χ0v) is 9.12. The van der Waals surface area contributed by atoms with Crippen molar-refractivity contribution in [3.8, 4) is 11.4 Å². The van der Waals surface area contributed by atoms with Gasteiger partial charge in [-0.2, -0.15) is 0 Å². The lowest BCUT2D eigenvalue weighted by atomic mass is 10.3. The zero-order valence-electron chi connectivity index (χ0n) is 9.12. The van der Waals surface area contributed by atoms with Crippen LogP contribution in [0.2, 0.25) is 0 Å². The quantitative estimate of drug-likeness (QED) is 0.865. The van der Waals surface area contributed by atoms with Crippen LogP contribution in [0.1, 0.15) is 12.6 Å². The van der Waals surface area contributed by atoms with Crippen molar-refractivity contribution in [2.45, 2.75) is 13.8 Å². The second kappa shape index (κ2) is 4.30. The third kappa shape index (κ3) is 1.88. The number of anilines is 1. The van der Waals surface area contributed by atoms with Crippen molar-refractivity contribution in [3.05, 3.63) is 30.1 Å². The molecule has 5 heteroatoms. The smallest absolute Gasteiger partial charge is 0.186 e. The number of rotatable bonds is 3. The Kier molecular flexibility index (Phi) is 2.85. The Hall–Kier alpha value is -1.91. The number of hydrogen-bond donors (Lipinski definition) is 1. The molecule has 4 nitrogen and oxygen atoms in total. The van der Waals surface area contributed by atoms with Crippen LogP contribution in [-0.4, -0.2) is 16.5 Å². The summed E-state index contributed by atoms with van der Waals surface area (Å²) in [6, 6.07) is 1.74. The zero-order chi connectivity index (χ0) is 11.5. The summed E-state index contributed by atoms with van der Waals surface area (Å²) >= 11 is 0. The fraction of sp³-hybridized carbons (Fsp3) is 0.273. The second-order valence-electron chi connectivity index (χ2n) is 3.34. The van der Waals surface area contributed by atoms with Gasteiger partial charge in [0, 0.05) is 6.54 Å². The van der Waals surface area contributed by atoms with Gasteiger partial charge in [-0.15, -0.1) is 0 Å². The molecule has 0 fully saturated rings. The molecule has 0 spiro atoms. The number of furan rings is 1. The number of nitrogens with one attached hydrogen (secondary N) is 1. The molecule has 0 unspecified atom stereocenters. The third-order valence-electron chi connectivity index (χ3n) is 2.14. The Bertz CT molecular complexity index is 482. The van der Waals surface area contributed by atoms with Crippen molar-refractivity contribution < 1.29 is 8.81 Å². The topological polar surface area (TPSA) is 51.0 Å². The van der Waals surface area contributed by atoms with E-state index in [-0.39, 0.29) is 5.82 Å². The minimum absolute atomic E-state index is 0.228. The van der Waals surface area contributed by atoms with E-state index in [0.717, 1.165) is 5.56 Å². The van der Waals surface area contributed by atoms with Crippen molar-refractivity contribution in [2.24, 2.45) is 0 Å². The first kappa shape index (κ1) is 10.6. The van der Waals surface area contributed by atoms with Crippen LogP contribution in [0.15, 0.2) is 23.0 Å². The monoisotopic (exact) mass is 221 g/mol. The summed E-state index contributed by atoms with van der Waals surface area (Å²) in [5.74, 6) is 0.281. The summed E-state index contributed by atoms with van der Waals surface area (Å²) in [5.41, 5.74) is 1.06. The van der Waals surface area contributed by atoms with E-state index in [9.17, 15) is 4.39 Å². The minimum Gasteiger partial charge on any atom is -0.472 e. The normalized spacial score (nSPS) is 10.4. The standard InChI is InChI=1S/C11H12FN3O/c1-3-13-11-9(12)7(2)14-10(15-11)8-4-5-16-6-8/h4-6H,3H2,1-2H3,(H,13,14,15). The van der Waals surface area contributed by atoms with E-state index < -0.39 is 5.82 Å². The average Bonchev–Trinajstić information content (AvgIpc) is 2.78. The molecule has 1 N–H and O–H groups in total. The molecule has 2 rings (SSSR count). The summed E-state index contributed by atoms with van der Waals surface area (Å²) in [6.07, 6.45) is 3.06. The maximum absolute atomic E-state index is 13.6. The van der Waals surface area contributed by atoms with Crippen LogP contribution in [0.4, 0.5) is 10.2 Å². The lowest BCUT2D eigenvalue weighted by Crippen LogP contribution is -2.06. The van der Waals surface area contributed by atoms with Crippen LogP contribution >= 0.6 is 0 Å². The predicted octanol–water partition coefficient (Wildman–Crippen LogP) is 2.62. The first-order valence-electron chi connectivity index (χ1n) is 5.03. The van der Waals surface area contributed by atoms with Crippen molar-refractivity contribution in [1.29, 1.82) is 0 Å². The van der Waals surface area contributed by atoms with Gasteiger partial charge in [0.2, 0.25) is 0 Å². The van der Waals surface area contributed by atoms with Gasteiger partial charge in [0.05, 0.1) is 17.5 Å². The molecule has 2 heterocycles. The Balaban J connectivity index is 2.48. The summed E-state index contributed by atoms with van der Waals surface area (Å²) in [4.78, 5) is 8.18. The van der Waals surface area contributed by atoms with Crippen LogP contribution < -0.4 is 5.32 Å². The van der Waals surface area contributed by atoms with Gasteiger partial charge in [-0.05, 0) is 19.9 Å². The summed E-state index contributed by atoms with van der Waals surface area (Å²) in [7, 11) is 0. The molecule has 0 aliphatic rings. The van der Waals surface area contributed by atoms with Crippen LogP contribution in [0.25, 0.3) is 11.4 Å². The van der Waals surface area contributed by atoms with Gasteiger partial charge < -0.3 is 9.73 Å². The van der Waals surface area contributed by atoms with Crippen LogP contribution in [-0.2, 0) is 0 Å². The molecule has 0 amide bonds. The highest BCUT2D eigenvalue weighted by Gasteiger charge is 2.12. The Morgan fingerprint density at radius 3 is 2.88 bits per heavy atom. The van der Waals surface area contributed by atoms with Crippen LogP contribution in [0.5, 0.6) is 0 Å². The molecule has 0 saturated carbocycles. The van der Waals surface area contributed by atoms with Crippen molar-refractivity contribution in [1.82, 2.24) is 9.97 Å². The molecular formula is C11H12FN3O. The van der Waals surface area contributed by atoms with E-state index in [1.807, 2.05) is 6.92 Å². The number of nitrogens with zero attached hydrogens (tertiary/aromatic N) is 2. The largest absolute Gasteiger partial charge is 0.472 e. The molecule has 0 aliphatic heterocycles. The van der Waals surface area contributed by atoms with E-state index in [1.165, 1.54) is 12.5 Å². The fourth-order valence-corrected chi connectivity index (χ4v) is 1.36. The molecule has 2 aromatic heterocycles. The van der Waals surface area contributed by atoms with Crippen molar-refractivity contribution in [2.75, 3.05) is 11.9 Å². The highest BCUT2D eigenvalue weighted by atomic mass is 19.1. The number of aromatic nitrogens is 2. The highest BCUT2D eigenvalue weighted by Crippen LogP contribution is 2.21. The van der Waals surface area contributed by atoms with Gasteiger partial charge in [0.1, 0.15) is 6.26 Å². The van der Waals surface area contributed by atoms with Gasteiger partial charge in [-0.3, -0.25) is 0 Å². The number of aryl methyl sites for hydroxylation is 1. The first-order valence-corrected chi connectivity index (χ1v) is 5.03. The Labute approximate surface area is 92.5 Å². The molecule has 0 aliphatic carbocycles. The molecule has 0 bridgehead atoms. The maximum Gasteiger partial charge on any atom is 0.186 e. The molecule has 84 valence electrons. The Morgan fingerprint density at radius 1 is 1.44 bits per heavy atom. The minimum atomic E-state index is -0.408. The number of hydrogen-bond acceptors (Lipinski definition) is 4. The number of halogens is 1. The van der Waals surface area contributed by atoms with Gasteiger partial charge >= 0.3 is 0 Å². The van der Waals surface area contributed by atoms with Gasteiger partial charge in [-0.25, -0.2) is 14.4 Å². The van der Waals surface area contributed by atoms with Gasteiger partial charge in [-0.1, -0.05) is 0 Å². The van der Waals surface area contributed by atoms with E-state index in [4.69, 9.17) is 4.42 Å². The summed E-state index contributed by atoms with van der Waals surface area (Å²) in [5, 5.41) is 2.86. The molecule has 0 saturated heterocycles. The molecule has 0 atom stereocenters. The van der Waals surface area contributed by atoms with E-state index >= 15 is 0 Å². The predicted molar refractivity (Wildman–Crippen MR) is 58.6 cm³/mol. The SMILES string of the molecule is CCNc1nc(-c2ccoc2)nc(C)c1F. The second-order valence-corrected chi connectivity index (χ2v) is 3.34. The lowest BCUT2D eigenvalue weighted by molar-refractivity contribution is 0.567. The summed E-state index contributed by atoms with van der Waals surface area (Å²) in [6.45, 7) is 4.11. The van der Waals surface area contributed by atoms with Crippen LogP contribution in [0, 0.1) is 12.7 Å². The van der Waals surface area contributed by atoms with E-state index in [2.05, 4.69) is 15.3 Å². The van der Waals surface area contributed by atoms with Crippen LogP contribution in [0.3, 0.4) is 0 Å². The van der Waals surface area contributed by atoms with E-state index in [0.29, 0.717) is 18.1 Å². The average molecular weight is 221 g/mol. The van der Waals surface area contributed by atoms with Crippen molar-refractivity contribution in [3.63, 3.8) is 0 Å². The molecular weight excluding hydrogens is 209 g/mol. The highest BCUT2D eigenvalue weighted by molar-refractivity contribution is 5.56. The first-order chi connectivity index (χ1) is 7.72. The molecule has 2 aromatic rings. The molecule has 0 aromatic carbocycles. The Morgan fingerprint density at radius 2 is 2.25 bits per heavy atom. The fourth-order valence-electron chi connectivity index (χ4n) is 1.36. The lowest BCUT2D eigenvalue weighted by Gasteiger charge is -2.07. The molecule has 0 radical (unpaired) electrons.